The quantitative estimate of drug-likeness (QED) is 0.165. The highest BCUT2D eigenvalue weighted by atomic mass is 32.2. The number of aliphatic hydroxyl groups excluding tert-OH is 2. The first-order chi connectivity index (χ1) is 18.3. The maximum Gasteiger partial charge on any atom is 0.308 e. The number of esters is 2. The molecule has 2 unspecified atom stereocenters. The monoisotopic (exact) mass is 558 g/mol. The Hall–Kier alpha value is -3.18. The van der Waals surface area contributed by atoms with E-state index in [9.17, 15) is 19.8 Å². The Morgan fingerprint density at radius 2 is 0.921 bits per heavy atom. The Balaban J connectivity index is 1.32. The Morgan fingerprint density at radius 1 is 0.605 bits per heavy atom. The summed E-state index contributed by atoms with van der Waals surface area (Å²) in [4.78, 5) is 23.8. The van der Waals surface area contributed by atoms with Crippen LogP contribution in [0.25, 0.3) is 0 Å². The van der Waals surface area contributed by atoms with Crippen molar-refractivity contribution in [1.82, 2.24) is 0 Å². The summed E-state index contributed by atoms with van der Waals surface area (Å²) in [6, 6.07) is 21.1. The Labute approximate surface area is 230 Å². The molecular weight excluding hydrogens is 528 g/mol. The van der Waals surface area contributed by atoms with Crippen LogP contribution in [0.1, 0.15) is 13.8 Å². The minimum Gasteiger partial charge on any atom is -0.491 e. The molecule has 0 spiro atoms. The molecule has 0 fully saturated rings. The summed E-state index contributed by atoms with van der Waals surface area (Å²) in [6.45, 7) is 2.97. The van der Waals surface area contributed by atoms with Crippen molar-refractivity contribution in [1.29, 1.82) is 0 Å². The largest absolute Gasteiger partial charge is 0.491 e. The van der Waals surface area contributed by atoms with E-state index in [4.69, 9.17) is 18.9 Å². The molecule has 0 heterocycles. The van der Waals surface area contributed by atoms with Gasteiger partial charge in [0.2, 0.25) is 0 Å². The summed E-state index contributed by atoms with van der Waals surface area (Å²) in [5.41, 5.74) is 0. The van der Waals surface area contributed by atoms with E-state index in [0.29, 0.717) is 34.5 Å². The van der Waals surface area contributed by atoms with Crippen molar-refractivity contribution in [3.63, 3.8) is 0 Å². The second-order valence-electron chi connectivity index (χ2n) is 8.15. The van der Waals surface area contributed by atoms with Crippen molar-refractivity contribution in [2.75, 3.05) is 24.7 Å². The van der Waals surface area contributed by atoms with Gasteiger partial charge in [0.1, 0.15) is 36.2 Å². The molecule has 2 N–H and O–H groups in total. The van der Waals surface area contributed by atoms with Crippen LogP contribution in [0, 0.1) is 0 Å². The molecule has 0 amide bonds. The van der Waals surface area contributed by atoms with E-state index >= 15 is 0 Å². The topological polar surface area (TPSA) is 112 Å². The predicted molar refractivity (Wildman–Crippen MR) is 146 cm³/mol. The number of hydrogen-bond acceptors (Lipinski definition) is 10. The summed E-state index contributed by atoms with van der Waals surface area (Å²) in [5.74, 6) is 2.31. The van der Waals surface area contributed by atoms with E-state index in [-0.39, 0.29) is 25.2 Å². The molecule has 0 radical (unpaired) electrons. The maximum atomic E-state index is 11.0. The highest BCUT2D eigenvalue weighted by Gasteiger charge is 2.09. The molecule has 3 rings (SSSR count). The van der Waals surface area contributed by atoms with Gasteiger partial charge in [-0.3, -0.25) is 9.59 Å². The number of benzene rings is 3. The van der Waals surface area contributed by atoms with Crippen LogP contribution < -0.4 is 18.9 Å². The average Bonchev–Trinajstić information content (AvgIpc) is 2.90. The minimum absolute atomic E-state index is 0.135. The summed E-state index contributed by atoms with van der Waals surface area (Å²) in [6.07, 6.45) is -1.34. The van der Waals surface area contributed by atoms with Crippen molar-refractivity contribution < 1.29 is 38.7 Å². The fourth-order valence-corrected chi connectivity index (χ4v) is 4.66. The molecule has 0 bridgehead atoms. The SMILES string of the molecule is CC(=O)Oc1ccc(SCC(O)COc2ccc(OCC(O)CSc3ccc(OC(C)=O)cc3)cc2)cc1. The lowest BCUT2D eigenvalue weighted by Crippen LogP contribution is -2.20. The average molecular weight is 559 g/mol. The van der Waals surface area contributed by atoms with E-state index in [0.717, 1.165) is 9.79 Å². The Morgan fingerprint density at radius 3 is 1.24 bits per heavy atom. The lowest BCUT2D eigenvalue weighted by atomic mass is 10.3. The first-order valence-electron chi connectivity index (χ1n) is 11.8. The van der Waals surface area contributed by atoms with Crippen LogP contribution in [0.3, 0.4) is 0 Å². The van der Waals surface area contributed by atoms with Crippen LogP contribution >= 0.6 is 23.5 Å². The normalized spacial score (nSPS) is 12.3. The molecule has 3 aromatic carbocycles. The lowest BCUT2D eigenvalue weighted by molar-refractivity contribution is -0.132. The summed E-state index contributed by atoms with van der Waals surface area (Å²) in [5, 5.41) is 20.5. The van der Waals surface area contributed by atoms with Gasteiger partial charge in [-0.15, -0.1) is 23.5 Å². The van der Waals surface area contributed by atoms with Gasteiger partial charge < -0.3 is 29.2 Å². The zero-order valence-electron chi connectivity index (χ0n) is 21.1. The number of aliphatic hydroxyl groups is 2. The molecule has 0 aromatic heterocycles. The molecule has 3 aromatic rings. The summed E-state index contributed by atoms with van der Waals surface area (Å²) < 4.78 is 21.3. The van der Waals surface area contributed by atoms with E-state index in [2.05, 4.69) is 0 Å². The van der Waals surface area contributed by atoms with Gasteiger partial charge in [-0.25, -0.2) is 0 Å². The maximum absolute atomic E-state index is 11.0. The highest BCUT2D eigenvalue weighted by Crippen LogP contribution is 2.24. The van der Waals surface area contributed by atoms with Crippen LogP contribution in [0.15, 0.2) is 82.6 Å². The number of ether oxygens (including phenoxy) is 4. The lowest BCUT2D eigenvalue weighted by Gasteiger charge is -2.14. The second kappa shape index (κ2) is 15.3. The summed E-state index contributed by atoms with van der Waals surface area (Å²) >= 11 is 2.95. The molecular formula is C28H30O8S2. The van der Waals surface area contributed by atoms with Gasteiger partial charge >= 0.3 is 11.9 Å². The van der Waals surface area contributed by atoms with Gasteiger partial charge in [0.05, 0.1) is 12.2 Å². The van der Waals surface area contributed by atoms with Crippen molar-refractivity contribution in [2.45, 2.75) is 35.8 Å². The standard InChI is InChI=1S/C28H30O8S2/c1-19(29)35-25-7-11-27(12-8-25)37-17-21(31)15-33-23-3-5-24(6-4-23)34-16-22(32)18-38-28-13-9-26(10-14-28)36-20(2)30/h3-14,21-22,31-32H,15-18H2,1-2H3. The van der Waals surface area contributed by atoms with E-state index < -0.39 is 12.2 Å². The molecule has 0 saturated heterocycles. The Bertz CT molecular complexity index is 1060. The molecule has 38 heavy (non-hydrogen) atoms. The zero-order valence-corrected chi connectivity index (χ0v) is 22.7. The van der Waals surface area contributed by atoms with Gasteiger partial charge in [0, 0.05) is 35.1 Å². The van der Waals surface area contributed by atoms with Gasteiger partial charge in [-0.1, -0.05) is 0 Å². The third kappa shape index (κ3) is 11.1. The number of rotatable bonds is 14. The highest BCUT2D eigenvalue weighted by molar-refractivity contribution is 7.99. The van der Waals surface area contributed by atoms with Crippen LogP contribution in [0.2, 0.25) is 0 Å². The van der Waals surface area contributed by atoms with Crippen LogP contribution in [0.5, 0.6) is 23.0 Å². The third-order valence-electron chi connectivity index (χ3n) is 4.76. The number of carbonyl (C=O) groups excluding carboxylic acids is 2. The molecule has 0 aliphatic rings. The first kappa shape index (κ1) is 29.4. The summed E-state index contributed by atoms with van der Waals surface area (Å²) in [7, 11) is 0. The molecule has 0 aliphatic carbocycles. The van der Waals surface area contributed by atoms with Crippen LogP contribution in [-0.2, 0) is 9.59 Å². The molecule has 202 valence electrons. The molecule has 2 atom stereocenters. The minimum atomic E-state index is -0.672. The van der Waals surface area contributed by atoms with E-state index in [1.54, 1.807) is 48.5 Å². The number of carbonyl (C=O) groups is 2. The van der Waals surface area contributed by atoms with Crippen molar-refractivity contribution in [2.24, 2.45) is 0 Å². The fraction of sp³-hybridized carbons (Fsp3) is 0.286. The van der Waals surface area contributed by atoms with Gasteiger partial charge in [0.25, 0.3) is 0 Å². The van der Waals surface area contributed by atoms with Crippen LogP contribution in [0.4, 0.5) is 0 Å². The van der Waals surface area contributed by atoms with Gasteiger partial charge in [0.15, 0.2) is 0 Å². The van der Waals surface area contributed by atoms with Gasteiger partial charge in [-0.2, -0.15) is 0 Å². The van der Waals surface area contributed by atoms with E-state index in [1.165, 1.54) is 37.4 Å². The van der Waals surface area contributed by atoms with Crippen molar-refractivity contribution in [3.05, 3.63) is 72.8 Å². The Kier molecular flexibility index (Phi) is 11.8. The predicted octanol–water partition coefficient (Wildman–Crippen LogP) is 4.60. The van der Waals surface area contributed by atoms with Crippen molar-refractivity contribution in [3.8, 4) is 23.0 Å². The van der Waals surface area contributed by atoms with Gasteiger partial charge in [-0.05, 0) is 72.8 Å². The molecule has 0 saturated carbocycles. The number of hydrogen-bond donors (Lipinski definition) is 2. The smallest absolute Gasteiger partial charge is 0.308 e. The second-order valence-corrected chi connectivity index (χ2v) is 10.3. The fourth-order valence-electron chi connectivity index (χ4n) is 3.04. The van der Waals surface area contributed by atoms with Crippen molar-refractivity contribution >= 4 is 35.5 Å². The van der Waals surface area contributed by atoms with Crippen LogP contribution in [-0.4, -0.2) is 59.1 Å². The molecule has 8 nitrogen and oxygen atoms in total. The molecule has 10 heteroatoms. The number of thioether (sulfide) groups is 2. The molecule has 0 aliphatic heterocycles. The first-order valence-corrected chi connectivity index (χ1v) is 13.8. The third-order valence-corrected chi connectivity index (χ3v) is 7.08. The zero-order chi connectivity index (χ0) is 27.3. The van der Waals surface area contributed by atoms with E-state index in [1.807, 2.05) is 24.3 Å².